The normalized spacial score (nSPS) is 12.2. The fourth-order valence-electron chi connectivity index (χ4n) is 2.33. The van der Waals surface area contributed by atoms with Crippen LogP contribution in [0.5, 0.6) is 0 Å². The van der Waals surface area contributed by atoms with Crippen molar-refractivity contribution in [1.29, 1.82) is 0 Å². The van der Waals surface area contributed by atoms with Crippen LogP contribution in [0.1, 0.15) is 46.4 Å². The maximum atomic E-state index is 5.86. The lowest BCUT2D eigenvalue weighted by Crippen LogP contribution is -2.20. The molecular weight excluding hydrogens is 234 g/mol. The molecule has 0 spiro atoms. The number of rotatable bonds is 5. The van der Waals surface area contributed by atoms with Crippen molar-refractivity contribution in [3.8, 4) is 0 Å². The van der Waals surface area contributed by atoms with Gasteiger partial charge in [-0.25, -0.2) is 4.98 Å². The lowest BCUT2D eigenvalue weighted by atomic mass is 9.90. The number of imidazole rings is 1. The molecule has 104 valence electrons. The molecule has 0 atom stereocenters. The van der Waals surface area contributed by atoms with Gasteiger partial charge in [-0.2, -0.15) is 0 Å². The number of hydrogen-bond acceptors (Lipinski definition) is 2. The summed E-state index contributed by atoms with van der Waals surface area (Å²) in [4.78, 5) is 4.76. The van der Waals surface area contributed by atoms with Crippen molar-refractivity contribution < 1.29 is 0 Å². The Kier molecular flexibility index (Phi) is 3.83. The molecule has 0 aliphatic rings. The van der Waals surface area contributed by atoms with Gasteiger partial charge in [0.15, 0.2) is 0 Å². The molecule has 0 saturated heterocycles. The molecule has 0 fully saturated rings. The molecule has 1 aromatic heterocycles. The second-order valence-corrected chi connectivity index (χ2v) is 6.13. The van der Waals surface area contributed by atoms with Crippen molar-refractivity contribution in [2.45, 2.75) is 53.5 Å². The minimum atomic E-state index is 0.289. The van der Waals surface area contributed by atoms with Gasteiger partial charge in [-0.05, 0) is 36.5 Å². The summed E-state index contributed by atoms with van der Waals surface area (Å²) in [6.45, 7) is 10.1. The van der Waals surface area contributed by atoms with Crippen molar-refractivity contribution in [1.82, 2.24) is 9.55 Å². The molecule has 2 aromatic rings. The first-order valence-electron chi connectivity index (χ1n) is 7.21. The molecule has 3 heteroatoms. The lowest BCUT2D eigenvalue weighted by Gasteiger charge is -2.24. The number of anilines is 1. The maximum absolute atomic E-state index is 5.86. The van der Waals surface area contributed by atoms with Crippen LogP contribution >= 0.6 is 0 Å². The van der Waals surface area contributed by atoms with Crippen LogP contribution in [0.2, 0.25) is 0 Å². The Balaban J connectivity index is 2.52. The molecule has 0 amide bonds. The number of aromatic nitrogens is 2. The predicted octanol–water partition coefficient (Wildman–Crippen LogP) is 4.01. The Bertz CT molecular complexity index is 567. The first kappa shape index (κ1) is 13.9. The molecule has 2 N–H and O–H groups in total. The van der Waals surface area contributed by atoms with E-state index in [1.165, 1.54) is 11.3 Å². The summed E-state index contributed by atoms with van der Waals surface area (Å²) in [5.74, 6) is 1.18. The van der Waals surface area contributed by atoms with E-state index in [2.05, 4.69) is 38.3 Å². The molecule has 0 unspecified atom stereocenters. The summed E-state index contributed by atoms with van der Waals surface area (Å²) in [6, 6.07) is 6.04. The van der Waals surface area contributed by atoms with Gasteiger partial charge in [0.2, 0.25) is 0 Å². The van der Waals surface area contributed by atoms with Gasteiger partial charge < -0.3 is 10.3 Å². The molecule has 0 bridgehead atoms. The monoisotopic (exact) mass is 259 g/mol. The topological polar surface area (TPSA) is 43.8 Å². The number of aryl methyl sites for hydroxylation is 1. The fraction of sp³-hybridized carbons (Fsp3) is 0.562. The first-order chi connectivity index (χ1) is 8.96. The van der Waals surface area contributed by atoms with Crippen LogP contribution in [-0.2, 0) is 13.0 Å². The molecule has 0 aliphatic carbocycles. The molecule has 3 nitrogen and oxygen atoms in total. The van der Waals surface area contributed by atoms with Crippen molar-refractivity contribution in [2.24, 2.45) is 5.41 Å². The van der Waals surface area contributed by atoms with Crippen LogP contribution in [0, 0.1) is 5.41 Å². The lowest BCUT2D eigenvalue weighted by molar-refractivity contribution is 0.294. The van der Waals surface area contributed by atoms with E-state index in [9.17, 15) is 0 Å². The van der Waals surface area contributed by atoms with E-state index in [0.717, 1.165) is 37.0 Å². The molecule has 0 saturated carbocycles. The highest BCUT2D eigenvalue weighted by atomic mass is 15.1. The van der Waals surface area contributed by atoms with Crippen LogP contribution < -0.4 is 5.73 Å². The second-order valence-electron chi connectivity index (χ2n) is 6.13. The minimum absolute atomic E-state index is 0.289. The molecule has 2 rings (SSSR count). The molecule has 1 heterocycles. The van der Waals surface area contributed by atoms with E-state index in [4.69, 9.17) is 10.7 Å². The smallest absolute Gasteiger partial charge is 0.109 e. The van der Waals surface area contributed by atoms with Crippen molar-refractivity contribution in [3.63, 3.8) is 0 Å². The van der Waals surface area contributed by atoms with Crippen molar-refractivity contribution in [2.75, 3.05) is 5.73 Å². The van der Waals surface area contributed by atoms with Gasteiger partial charge in [0.05, 0.1) is 11.0 Å². The highest BCUT2D eigenvalue weighted by Gasteiger charge is 2.20. The van der Waals surface area contributed by atoms with E-state index in [1.54, 1.807) is 0 Å². The highest BCUT2D eigenvalue weighted by molar-refractivity contribution is 5.79. The number of nitrogen functional groups attached to an aromatic ring is 1. The zero-order valence-corrected chi connectivity index (χ0v) is 12.5. The summed E-state index contributed by atoms with van der Waals surface area (Å²) < 4.78 is 2.38. The Hall–Kier alpha value is -1.51. The van der Waals surface area contributed by atoms with Gasteiger partial charge in [-0.1, -0.05) is 27.7 Å². The van der Waals surface area contributed by atoms with Crippen molar-refractivity contribution >= 4 is 16.7 Å². The standard InChI is InChI=1S/C16H25N3/c1-5-7-15-18-13-10-12(17)8-9-14(13)19(15)11-16(3,4)6-2/h8-10H,5-7,11,17H2,1-4H3. The molecule has 19 heavy (non-hydrogen) atoms. The van der Waals surface area contributed by atoms with Gasteiger partial charge >= 0.3 is 0 Å². The minimum Gasteiger partial charge on any atom is -0.399 e. The summed E-state index contributed by atoms with van der Waals surface area (Å²) in [5.41, 5.74) is 9.17. The zero-order valence-electron chi connectivity index (χ0n) is 12.5. The number of hydrogen-bond donors (Lipinski definition) is 1. The van der Waals surface area contributed by atoms with E-state index >= 15 is 0 Å². The summed E-state index contributed by atoms with van der Waals surface area (Å²) in [7, 11) is 0. The van der Waals surface area contributed by atoms with Gasteiger partial charge in [0.25, 0.3) is 0 Å². The third-order valence-corrected chi connectivity index (χ3v) is 3.87. The van der Waals surface area contributed by atoms with E-state index in [1.807, 2.05) is 12.1 Å². The summed E-state index contributed by atoms with van der Waals surface area (Å²) in [6.07, 6.45) is 3.30. The van der Waals surface area contributed by atoms with E-state index in [0.29, 0.717) is 0 Å². The van der Waals surface area contributed by atoms with Gasteiger partial charge in [-0.15, -0.1) is 0 Å². The second kappa shape index (κ2) is 5.24. The van der Waals surface area contributed by atoms with E-state index < -0.39 is 0 Å². The number of nitrogens with zero attached hydrogens (tertiary/aromatic N) is 2. The Labute approximate surface area is 115 Å². The van der Waals surface area contributed by atoms with Crippen molar-refractivity contribution in [3.05, 3.63) is 24.0 Å². The average molecular weight is 259 g/mol. The quantitative estimate of drug-likeness (QED) is 0.825. The predicted molar refractivity (Wildman–Crippen MR) is 82.2 cm³/mol. The van der Waals surface area contributed by atoms with Gasteiger partial charge in [-0.3, -0.25) is 0 Å². The molecular formula is C16H25N3. The van der Waals surface area contributed by atoms with Crippen LogP contribution in [0.15, 0.2) is 18.2 Å². The van der Waals surface area contributed by atoms with Crippen LogP contribution in [0.3, 0.4) is 0 Å². The SMILES string of the molecule is CCCc1nc2cc(N)ccc2n1CC(C)(C)CC. The van der Waals surface area contributed by atoms with Gasteiger partial charge in [0, 0.05) is 18.7 Å². The van der Waals surface area contributed by atoms with E-state index in [-0.39, 0.29) is 5.41 Å². The van der Waals surface area contributed by atoms with Crippen LogP contribution in [0.25, 0.3) is 11.0 Å². The largest absolute Gasteiger partial charge is 0.399 e. The van der Waals surface area contributed by atoms with Crippen LogP contribution in [0.4, 0.5) is 5.69 Å². The summed E-state index contributed by atoms with van der Waals surface area (Å²) in [5, 5.41) is 0. The molecule has 0 aliphatic heterocycles. The van der Waals surface area contributed by atoms with Crippen LogP contribution in [-0.4, -0.2) is 9.55 Å². The maximum Gasteiger partial charge on any atom is 0.109 e. The third kappa shape index (κ3) is 2.91. The average Bonchev–Trinajstić information content (AvgIpc) is 2.67. The Morgan fingerprint density at radius 3 is 2.63 bits per heavy atom. The highest BCUT2D eigenvalue weighted by Crippen LogP contribution is 2.27. The molecule has 1 aromatic carbocycles. The summed E-state index contributed by atoms with van der Waals surface area (Å²) >= 11 is 0. The first-order valence-corrected chi connectivity index (χ1v) is 7.21. The number of benzene rings is 1. The Morgan fingerprint density at radius 1 is 1.26 bits per heavy atom. The fourth-order valence-corrected chi connectivity index (χ4v) is 2.33. The third-order valence-electron chi connectivity index (χ3n) is 3.87. The molecule has 0 radical (unpaired) electrons. The Morgan fingerprint density at radius 2 is 2.00 bits per heavy atom. The van der Waals surface area contributed by atoms with Gasteiger partial charge in [0.1, 0.15) is 5.82 Å². The number of nitrogens with two attached hydrogens (primary N) is 1. The zero-order chi connectivity index (χ0) is 14.0. The number of fused-ring (bicyclic) bond motifs is 1.